The van der Waals surface area contributed by atoms with Gasteiger partial charge in [0.1, 0.15) is 4.95 Å². The second kappa shape index (κ2) is 5.57. The number of piperazine rings is 1. The van der Waals surface area contributed by atoms with Crippen LogP contribution in [0.3, 0.4) is 0 Å². The minimum absolute atomic E-state index is 0.194. The number of anilines is 1. The van der Waals surface area contributed by atoms with E-state index in [4.69, 9.17) is 0 Å². The number of benzene rings is 1. The number of non-ortho nitro benzene ring substituents is 1. The highest BCUT2D eigenvalue weighted by atomic mass is 79.9. The zero-order chi connectivity index (χ0) is 15.0. The number of alkyl halides is 1. The minimum atomic E-state index is -0.302. The van der Waals surface area contributed by atoms with Crippen LogP contribution in [0, 0.1) is 17.0 Å². The van der Waals surface area contributed by atoms with Gasteiger partial charge in [0.05, 0.1) is 37.6 Å². The molecule has 1 aromatic rings. The quantitative estimate of drug-likeness (QED) is 0.269. The van der Waals surface area contributed by atoms with Crippen molar-refractivity contribution in [2.75, 3.05) is 37.6 Å². The molecule has 2 heterocycles. The summed E-state index contributed by atoms with van der Waals surface area (Å²) in [5.74, 6) is 0. The van der Waals surface area contributed by atoms with E-state index >= 15 is 0 Å². The molecule has 6 heteroatoms. The normalized spacial score (nSPS) is 24.5. The highest BCUT2D eigenvalue weighted by Gasteiger charge is 2.42. The van der Waals surface area contributed by atoms with Gasteiger partial charge in [-0.2, -0.15) is 0 Å². The SMILES string of the molecule is Cc1cc(N2CC[N+]3(CCCC3Br)CC2)cc([N+](=O)[O-])c1. The molecule has 0 aliphatic carbocycles. The maximum absolute atomic E-state index is 11.0. The van der Waals surface area contributed by atoms with Crippen LogP contribution in [0.4, 0.5) is 11.4 Å². The minimum Gasteiger partial charge on any atom is -0.360 e. The maximum atomic E-state index is 11.0. The van der Waals surface area contributed by atoms with Gasteiger partial charge in [0, 0.05) is 30.7 Å². The molecule has 114 valence electrons. The molecule has 0 saturated carbocycles. The number of nitrogens with zero attached hydrogens (tertiary/aromatic N) is 3. The fourth-order valence-electron chi connectivity index (χ4n) is 3.64. The summed E-state index contributed by atoms with van der Waals surface area (Å²) in [6, 6.07) is 5.40. The topological polar surface area (TPSA) is 46.4 Å². The first-order valence-electron chi connectivity index (χ1n) is 7.51. The predicted molar refractivity (Wildman–Crippen MR) is 86.9 cm³/mol. The third kappa shape index (κ3) is 2.79. The van der Waals surface area contributed by atoms with Gasteiger partial charge in [0.25, 0.3) is 5.69 Å². The van der Waals surface area contributed by atoms with Gasteiger partial charge in [0.15, 0.2) is 0 Å². The number of halogens is 1. The number of rotatable bonds is 2. The summed E-state index contributed by atoms with van der Waals surface area (Å²) >= 11 is 3.84. The van der Waals surface area contributed by atoms with E-state index in [0.29, 0.717) is 4.95 Å². The van der Waals surface area contributed by atoms with Gasteiger partial charge in [-0.1, -0.05) is 0 Å². The van der Waals surface area contributed by atoms with Crippen LogP contribution in [0.25, 0.3) is 0 Å². The van der Waals surface area contributed by atoms with E-state index in [9.17, 15) is 10.1 Å². The van der Waals surface area contributed by atoms with Crippen LogP contribution in [0.15, 0.2) is 18.2 Å². The third-order valence-electron chi connectivity index (χ3n) is 4.89. The Morgan fingerprint density at radius 1 is 1.29 bits per heavy atom. The Morgan fingerprint density at radius 2 is 2.00 bits per heavy atom. The molecule has 1 atom stereocenters. The van der Waals surface area contributed by atoms with E-state index in [-0.39, 0.29) is 10.6 Å². The van der Waals surface area contributed by atoms with Gasteiger partial charge in [0.2, 0.25) is 0 Å². The first-order valence-corrected chi connectivity index (χ1v) is 8.43. The van der Waals surface area contributed by atoms with Crippen LogP contribution >= 0.6 is 15.9 Å². The molecule has 1 spiro atoms. The highest BCUT2D eigenvalue weighted by molar-refractivity contribution is 9.09. The Balaban J connectivity index is 1.76. The fraction of sp³-hybridized carbons (Fsp3) is 0.600. The molecule has 3 rings (SSSR count). The molecule has 1 unspecified atom stereocenters. The summed E-state index contributed by atoms with van der Waals surface area (Å²) in [5, 5.41) is 11.0. The molecule has 21 heavy (non-hydrogen) atoms. The zero-order valence-electron chi connectivity index (χ0n) is 12.3. The molecule has 2 fully saturated rings. The molecule has 1 aromatic carbocycles. The number of quaternary nitrogens is 1. The summed E-state index contributed by atoms with van der Waals surface area (Å²) in [6.07, 6.45) is 2.56. The first-order chi connectivity index (χ1) is 10.00. The smallest absolute Gasteiger partial charge is 0.271 e. The molecule has 0 amide bonds. The van der Waals surface area contributed by atoms with E-state index < -0.39 is 0 Å². The first kappa shape index (κ1) is 14.8. The number of nitro benzene ring substituents is 1. The van der Waals surface area contributed by atoms with E-state index in [1.54, 1.807) is 12.1 Å². The van der Waals surface area contributed by atoms with Crippen LogP contribution in [0.1, 0.15) is 18.4 Å². The molecule has 0 bridgehead atoms. The van der Waals surface area contributed by atoms with Crippen molar-refractivity contribution in [1.82, 2.24) is 0 Å². The van der Waals surface area contributed by atoms with Gasteiger partial charge < -0.3 is 9.38 Å². The Morgan fingerprint density at radius 3 is 2.57 bits per heavy atom. The third-order valence-corrected chi connectivity index (χ3v) is 6.22. The summed E-state index contributed by atoms with van der Waals surface area (Å²) in [5.41, 5.74) is 2.14. The predicted octanol–water partition coefficient (Wildman–Crippen LogP) is 3.05. The lowest BCUT2D eigenvalue weighted by Crippen LogP contribution is -2.60. The molecule has 2 aliphatic heterocycles. The van der Waals surface area contributed by atoms with Crippen molar-refractivity contribution in [2.45, 2.75) is 24.7 Å². The molecular weight excluding hydrogens is 334 g/mol. The molecule has 0 radical (unpaired) electrons. The van der Waals surface area contributed by atoms with Crippen molar-refractivity contribution in [1.29, 1.82) is 0 Å². The fourth-order valence-corrected chi connectivity index (χ4v) is 4.58. The van der Waals surface area contributed by atoms with E-state index in [0.717, 1.165) is 37.4 Å². The van der Waals surface area contributed by atoms with Crippen LogP contribution in [0.2, 0.25) is 0 Å². The molecule has 2 aliphatic rings. The monoisotopic (exact) mass is 354 g/mol. The van der Waals surface area contributed by atoms with Crippen molar-refractivity contribution in [3.63, 3.8) is 0 Å². The van der Waals surface area contributed by atoms with E-state index in [2.05, 4.69) is 26.9 Å². The summed E-state index contributed by atoms with van der Waals surface area (Å²) in [7, 11) is 0. The van der Waals surface area contributed by atoms with Gasteiger partial charge in [-0.15, -0.1) is 0 Å². The summed E-state index contributed by atoms with van der Waals surface area (Å²) < 4.78 is 1.17. The number of aryl methyl sites for hydroxylation is 1. The van der Waals surface area contributed by atoms with Crippen molar-refractivity contribution >= 4 is 27.3 Å². The van der Waals surface area contributed by atoms with Crippen molar-refractivity contribution in [3.05, 3.63) is 33.9 Å². The van der Waals surface area contributed by atoms with Crippen molar-refractivity contribution in [2.24, 2.45) is 0 Å². The van der Waals surface area contributed by atoms with E-state index in [1.807, 2.05) is 6.92 Å². The second-order valence-corrected chi connectivity index (χ2v) is 7.29. The number of nitro groups is 1. The average molecular weight is 355 g/mol. The Hall–Kier alpha value is -1.14. The Labute approximate surface area is 133 Å². The maximum Gasteiger partial charge on any atom is 0.271 e. The van der Waals surface area contributed by atoms with Gasteiger partial charge >= 0.3 is 0 Å². The molecule has 2 saturated heterocycles. The molecule has 0 aromatic heterocycles. The van der Waals surface area contributed by atoms with Crippen molar-refractivity contribution in [3.8, 4) is 0 Å². The average Bonchev–Trinajstić information content (AvgIpc) is 2.80. The van der Waals surface area contributed by atoms with Gasteiger partial charge in [-0.3, -0.25) is 10.1 Å². The molecular formula is C15H21BrN3O2+. The van der Waals surface area contributed by atoms with Gasteiger partial charge in [-0.25, -0.2) is 0 Å². The zero-order valence-corrected chi connectivity index (χ0v) is 13.9. The standard InChI is InChI=1S/C15H21BrN3O2/c1-12-9-13(11-14(10-12)18(20)21)17-4-7-19(8-5-17)6-2-3-15(19)16/h9-11,15H,2-8H2,1H3/q+1. The lowest BCUT2D eigenvalue weighted by Gasteiger charge is -2.45. The van der Waals surface area contributed by atoms with Crippen molar-refractivity contribution < 1.29 is 9.41 Å². The van der Waals surface area contributed by atoms with Crippen LogP contribution in [-0.2, 0) is 0 Å². The largest absolute Gasteiger partial charge is 0.360 e. The summed E-state index contributed by atoms with van der Waals surface area (Å²) in [4.78, 5) is 13.6. The van der Waals surface area contributed by atoms with Crippen LogP contribution in [-0.4, -0.2) is 47.1 Å². The number of hydrogen-bond acceptors (Lipinski definition) is 3. The molecule has 5 nitrogen and oxygen atoms in total. The number of hydrogen-bond donors (Lipinski definition) is 0. The van der Waals surface area contributed by atoms with Crippen LogP contribution < -0.4 is 4.90 Å². The lowest BCUT2D eigenvalue weighted by atomic mass is 10.1. The second-order valence-electron chi connectivity index (χ2n) is 6.24. The Bertz CT molecular complexity index is 556. The van der Waals surface area contributed by atoms with Gasteiger partial charge in [-0.05, 0) is 34.5 Å². The lowest BCUT2D eigenvalue weighted by molar-refractivity contribution is -0.925. The summed E-state index contributed by atoms with van der Waals surface area (Å²) in [6.45, 7) is 7.38. The molecule has 0 N–H and O–H groups in total. The van der Waals surface area contributed by atoms with Crippen LogP contribution in [0.5, 0.6) is 0 Å². The Kier molecular flexibility index (Phi) is 3.92. The van der Waals surface area contributed by atoms with E-state index in [1.165, 1.54) is 23.9 Å². The highest BCUT2D eigenvalue weighted by Crippen LogP contribution is 2.34.